The lowest BCUT2D eigenvalue weighted by atomic mass is 9.86. The standard InChI is InChI=1S/C19H17NO3/c1-19-9-8-14(23-19)15-16(19)18(22)20(17(15)21)13-7-6-11-4-2-3-5-12(11)10-13/h2-7,10,14,21-22H,8-9H2,1H3/t14-,19+/m1/s1. The van der Waals surface area contributed by atoms with Gasteiger partial charge in [-0.15, -0.1) is 0 Å². The highest BCUT2D eigenvalue weighted by Gasteiger charge is 2.53. The van der Waals surface area contributed by atoms with E-state index in [1.165, 1.54) is 4.57 Å². The zero-order chi connectivity index (χ0) is 15.8. The second kappa shape index (κ2) is 4.09. The van der Waals surface area contributed by atoms with Crippen LogP contribution in [0.3, 0.4) is 0 Å². The Kier molecular flexibility index (Phi) is 2.31. The van der Waals surface area contributed by atoms with Gasteiger partial charge < -0.3 is 14.9 Å². The summed E-state index contributed by atoms with van der Waals surface area (Å²) in [7, 11) is 0. The van der Waals surface area contributed by atoms with Gasteiger partial charge in [0.1, 0.15) is 0 Å². The highest BCUT2D eigenvalue weighted by molar-refractivity contribution is 5.84. The van der Waals surface area contributed by atoms with Crippen LogP contribution in [0, 0.1) is 0 Å². The van der Waals surface area contributed by atoms with Crippen molar-refractivity contribution in [1.82, 2.24) is 4.57 Å². The van der Waals surface area contributed by atoms with Crippen molar-refractivity contribution in [1.29, 1.82) is 0 Å². The number of ether oxygens (including phenoxy) is 1. The van der Waals surface area contributed by atoms with E-state index in [4.69, 9.17) is 4.74 Å². The topological polar surface area (TPSA) is 54.6 Å². The van der Waals surface area contributed by atoms with Gasteiger partial charge in [-0.2, -0.15) is 0 Å². The van der Waals surface area contributed by atoms with Crippen molar-refractivity contribution >= 4 is 10.8 Å². The number of fused-ring (bicyclic) bond motifs is 6. The normalized spacial score (nSPS) is 25.2. The first kappa shape index (κ1) is 13.0. The molecule has 5 rings (SSSR count). The molecule has 0 spiro atoms. The third kappa shape index (κ3) is 1.54. The first-order valence-corrected chi connectivity index (χ1v) is 7.92. The lowest BCUT2D eigenvalue weighted by molar-refractivity contribution is -0.00959. The molecule has 2 aromatic carbocycles. The van der Waals surface area contributed by atoms with E-state index in [-0.39, 0.29) is 17.9 Å². The fourth-order valence-corrected chi connectivity index (χ4v) is 4.18. The summed E-state index contributed by atoms with van der Waals surface area (Å²) in [5, 5.41) is 23.7. The van der Waals surface area contributed by atoms with Crippen LogP contribution < -0.4 is 0 Å². The number of rotatable bonds is 1. The van der Waals surface area contributed by atoms with E-state index >= 15 is 0 Å². The second-order valence-corrected chi connectivity index (χ2v) is 6.68. The van der Waals surface area contributed by atoms with Gasteiger partial charge in [0, 0.05) is 0 Å². The molecule has 3 heterocycles. The van der Waals surface area contributed by atoms with Crippen molar-refractivity contribution in [3.63, 3.8) is 0 Å². The highest BCUT2D eigenvalue weighted by Crippen LogP contribution is 2.61. The van der Waals surface area contributed by atoms with Gasteiger partial charge in [0.25, 0.3) is 0 Å². The molecule has 1 saturated heterocycles. The average Bonchev–Trinajstić information content (AvgIpc) is 3.16. The maximum atomic E-state index is 10.8. The minimum Gasteiger partial charge on any atom is -0.494 e. The van der Waals surface area contributed by atoms with Crippen molar-refractivity contribution in [3.8, 4) is 17.4 Å². The van der Waals surface area contributed by atoms with Crippen molar-refractivity contribution in [2.24, 2.45) is 0 Å². The van der Waals surface area contributed by atoms with Crippen LogP contribution in [0.15, 0.2) is 42.5 Å². The number of hydrogen-bond donors (Lipinski definition) is 2. The van der Waals surface area contributed by atoms with Gasteiger partial charge in [-0.3, -0.25) is 4.57 Å². The van der Waals surface area contributed by atoms with Crippen LogP contribution in [-0.2, 0) is 10.3 Å². The van der Waals surface area contributed by atoms with Crippen LogP contribution in [-0.4, -0.2) is 14.8 Å². The Bertz CT molecular complexity index is 959. The summed E-state index contributed by atoms with van der Waals surface area (Å²) in [6, 6.07) is 14.0. The molecule has 116 valence electrons. The van der Waals surface area contributed by atoms with E-state index in [1.807, 2.05) is 49.4 Å². The monoisotopic (exact) mass is 307 g/mol. The SMILES string of the molecule is C[C@@]12CC[C@@H](O1)c1c2c(O)n(-c2ccc3ccccc3c2)c1O. The van der Waals surface area contributed by atoms with Crippen LogP contribution in [0.4, 0.5) is 0 Å². The fraction of sp³-hybridized carbons (Fsp3) is 0.263. The van der Waals surface area contributed by atoms with Crippen LogP contribution in [0.2, 0.25) is 0 Å². The van der Waals surface area contributed by atoms with Crippen molar-refractivity contribution in [2.45, 2.75) is 31.5 Å². The largest absolute Gasteiger partial charge is 0.494 e. The molecule has 3 aromatic rings. The summed E-state index contributed by atoms with van der Waals surface area (Å²) in [4.78, 5) is 0. The van der Waals surface area contributed by atoms with E-state index in [9.17, 15) is 10.2 Å². The molecule has 2 bridgehead atoms. The molecule has 0 saturated carbocycles. The Morgan fingerprint density at radius 1 is 1.09 bits per heavy atom. The predicted octanol–water partition coefficient (Wildman–Crippen LogP) is 4.12. The van der Waals surface area contributed by atoms with Crippen LogP contribution in [0.25, 0.3) is 16.5 Å². The lowest BCUT2D eigenvalue weighted by Gasteiger charge is -2.19. The van der Waals surface area contributed by atoms with E-state index in [0.29, 0.717) is 0 Å². The maximum absolute atomic E-state index is 10.8. The molecule has 4 nitrogen and oxygen atoms in total. The molecule has 1 aromatic heterocycles. The molecule has 2 N–H and O–H groups in total. The number of aromatic nitrogens is 1. The Hall–Kier alpha value is -2.46. The Morgan fingerprint density at radius 3 is 2.65 bits per heavy atom. The van der Waals surface area contributed by atoms with E-state index in [2.05, 4.69) is 0 Å². The Labute approximate surface area is 133 Å². The van der Waals surface area contributed by atoms with Gasteiger partial charge in [-0.1, -0.05) is 30.3 Å². The summed E-state index contributed by atoms with van der Waals surface area (Å²) < 4.78 is 7.50. The molecule has 2 aliphatic heterocycles. The van der Waals surface area contributed by atoms with Gasteiger partial charge in [0.15, 0.2) is 0 Å². The fourth-order valence-electron chi connectivity index (χ4n) is 4.18. The zero-order valence-corrected chi connectivity index (χ0v) is 12.8. The van der Waals surface area contributed by atoms with Gasteiger partial charge in [0.2, 0.25) is 11.8 Å². The number of nitrogens with zero attached hydrogens (tertiary/aromatic N) is 1. The highest BCUT2D eigenvalue weighted by atomic mass is 16.5. The molecule has 4 heteroatoms. The minimum absolute atomic E-state index is 0.0949. The number of aromatic hydroxyl groups is 2. The maximum Gasteiger partial charge on any atom is 0.205 e. The summed E-state index contributed by atoms with van der Waals surface area (Å²) in [6.45, 7) is 1.99. The second-order valence-electron chi connectivity index (χ2n) is 6.68. The predicted molar refractivity (Wildman–Crippen MR) is 87.0 cm³/mol. The van der Waals surface area contributed by atoms with Gasteiger partial charge in [-0.05, 0) is 42.7 Å². The minimum atomic E-state index is -0.482. The third-order valence-corrected chi connectivity index (χ3v) is 5.29. The van der Waals surface area contributed by atoms with E-state index in [1.54, 1.807) is 0 Å². The van der Waals surface area contributed by atoms with Gasteiger partial charge in [0.05, 0.1) is 28.5 Å². The smallest absolute Gasteiger partial charge is 0.205 e. The van der Waals surface area contributed by atoms with Crippen molar-refractivity contribution in [2.75, 3.05) is 0 Å². The van der Waals surface area contributed by atoms with E-state index < -0.39 is 5.60 Å². The van der Waals surface area contributed by atoms with Gasteiger partial charge in [-0.25, -0.2) is 0 Å². The molecular weight excluding hydrogens is 290 g/mol. The summed E-state index contributed by atoms with van der Waals surface area (Å²) in [5.41, 5.74) is 1.78. The van der Waals surface area contributed by atoms with Crippen LogP contribution >= 0.6 is 0 Å². The van der Waals surface area contributed by atoms with Crippen LogP contribution in [0.5, 0.6) is 11.8 Å². The molecule has 0 aliphatic carbocycles. The Balaban J connectivity index is 1.77. The van der Waals surface area contributed by atoms with Crippen molar-refractivity contribution < 1.29 is 14.9 Å². The molecule has 2 aliphatic rings. The average molecular weight is 307 g/mol. The first-order chi connectivity index (χ1) is 11.1. The molecule has 23 heavy (non-hydrogen) atoms. The quantitative estimate of drug-likeness (QED) is 0.711. The summed E-state index contributed by atoms with van der Waals surface area (Å²) in [6.07, 6.45) is 1.65. The summed E-state index contributed by atoms with van der Waals surface area (Å²) >= 11 is 0. The third-order valence-electron chi connectivity index (χ3n) is 5.29. The lowest BCUT2D eigenvalue weighted by Crippen LogP contribution is -2.16. The number of benzene rings is 2. The molecule has 0 unspecified atom stereocenters. The van der Waals surface area contributed by atoms with Crippen molar-refractivity contribution in [3.05, 3.63) is 53.6 Å². The number of hydrogen-bond acceptors (Lipinski definition) is 3. The van der Waals surface area contributed by atoms with Crippen LogP contribution in [0.1, 0.15) is 37.0 Å². The zero-order valence-electron chi connectivity index (χ0n) is 12.8. The molecule has 2 atom stereocenters. The molecule has 0 amide bonds. The Morgan fingerprint density at radius 2 is 1.87 bits per heavy atom. The first-order valence-electron chi connectivity index (χ1n) is 7.92. The molecule has 1 fully saturated rings. The van der Waals surface area contributed by atoms with Gasteiger partial charge >= 0.3 is 0 Å². The molecule has 0 radical (unpaired) electrons. The van der Waals surface area contributed by atoms with E-state index in [0.717, 1.165) is 40.4 Å². The summed E-state index contributed by atoms with van der Waals surface area (Å²) in [5.74, 6) is 0.193. The molecular formula is C19H17NO3.